The van der Waals surface area contributed by atoms with Gasteiger partial charge in [-0.25, -0.2) is 9.59 Å². The lowest BCUT2D eigenvalue weighted by Gasteiger charge is -2.24. The van der Waals surface area contributed by atoms with Crippen molar-refractivity contribution in [3.8, 4) is 0 Å². The van der Waals surface area contributed by atoms with E-state index in [0.717, 1.165) is 0 Å². The van der Waals surface area contributed by atoms with Crippen LogP contribution in [0.3, 0.4) is 0 Å². The van der Waals surface area contributed by atoms with Crippen molar-refractivity contribution >= 4 is 12.1 Å². The van der Waals surface area contributed by atoms with E-state index in [2.05, 4.69) is 0 Å². The average Bonchev–Trinajstić information content (AvgIpc) is 2.17. The molecule has 5 nitrogen and oxygen atoms in total. The van der Waals surface area contributed by atoms with Gasteiger partial charge in [0.25, 0.3) is 0 Å². The van der Waals surface area contributed by atoms with Gasteiger partial charge in [0, 0.05) is 0 Å². The van der Waals surface area contributed by atoms with Gasteiger partial charge >= 0.3 is 12.1 Å². The molecule has 1 aromatic rings. The fourth-order valence-corrected chi connectivity index (χ4v) is 1.23. The van der Waals surface area contributed by atoms with Crippen LogP contribution in [0.2, 0.25) is 0 Å². The largest absolute Gasteiger partial charge is 0.479 e. The smallest absolute Gasteiger partial charge is 0.405 e. The first-order valence-corrected chi connectivity index (χ1v) is 4.27. The molecule has 0 aliphatic carbocycles. The average molecular weight is 209 g/mol. The Bertz CT molecular complexity index is 376. The van der Waals surface area contributed by atoms with Crippen LogP contribution < -0.4 is 5.32 Å². The molecule has 1 aromatic carbocycles. The Balaban J connectivity index is 3.13. The van der Waals surface area contributed by atoms with Gasteiger partial charge in [-0.15, -0.1) is 0 Å². The molecule has 15 heavy (non-hydrogen) atoms. The quantitative estimate of drug-likeness (QED) is 0.699. The summed E-state index contributed by atoms with van der Waals surface area (Å²) in [5.74, 6) is -1.24. The van der Waals surface area contributed by atoms with Gasteiger partial charge < -0.3 is 15.5 Å². The van der Waals surface area contributed by atoms with Crippen LogP contribution in [-0.4, -0.2) is 22.3 Å². The maximum absolute atomic E-state index is 11.0. The number of rotatable bonds is 3. The van der Waals surface area contributed by atoms with Crippen LogP contribution in [-0.2, 0) is 10.3 Å². The van der Waals surface area contributed by atoms with E-state index in [4.69, 9.17) is 10.2 Å². The third-order valence-corrected chi connectivity index (χ3v) is 2.14. The van der Waals surface area contributed by atoms with Gasteiger partial charge in [0.05, 0.1) is 0 Å². The summed E-state index contributed by atoms with van der Waals surface area (Å²) >= 11 is 0. The molecule has 0 fully saturated rings. The van der Waals surface area contributed by atoms with Crippen molar-refractivity contribution < 1.29 is 19.8 Å². The Kier molecular flexibility index (Phi) is 2.94. The zero-order valence-electron chi connectivity index (χ0n) is 8.10. The molecule has 0 saturated carbocycles. The predicted octanol–water partition coefficient (Wildman–Crippen LogP) is 1.25. The minimum atomic E-state index is -1.62. The van der Waals surface area contributed by atoms with Gasteiger partial charge in [0.1, 0.15) is 0 Å². The van der Waals surface area contributed by atoms with Crippen molar-refractivity contribution in [2.24, 2.45) is 0 Å². The fraction of sp³-hybridized carbons (Fsp3) is 0.200. The summed E-state index contributed by atoms with van der Waals surface area (Å²) in [6, 6.07) is 8.15. The molecule has 0 saturated heterocycles. The van der Waals surface area contributed by atoms with Gasteiger partial charge in [-0.2, -0.15) is 0 Å². The summed E-state index contributed by atoms with van der Waals surface area (Å²) in [7, 11) is 0. The third kappa shape index (κ3) is 2.25. The number of aliphatic carboxylic acids is 1. The van der Waals surface area contributed by atoms with Gasteiger partial charge in [-0.1, -0.05) is 30.3 Å². The molecule has 5 heteroatoms. The second kappa shape index (κ2) is 4.00. The molecule has 1 atom stereocenters. The Morgan fingerprint density at radius 2 is 1.73 bits per heavy atom. The topological polar surface area (TPSA) is 86.6 Å². The van der Waals surface area contributed by atoms with Crippen LogP contribution in [0.15, 0.2) is 30.3 Å². The summed E-state index contributed by atoms with van der Waals surface area (Å²) in [5, 5.41) is 19.6. The monoisotopic (exact) mass is 209 g/mol. The highest BCUT2D eigenvalue weighted by Gasteiger charge is 2.36. The maximum Gasteiger partial charge on any atom is 0.405 e. The van der Waals surface area contributed by atoms with Crippen molar-refractivity contribution in [1.29, 1.82) is 0 Å². The van der Waals surface area contributed by atoms with Gasteiger partial charge in [-0.05, 0) is 12.5 Å². The number of carbonyl (C=O) groups is 2. The first kappa shape index (κ1) is 11.0. The Hall–Kier alpha value is -2.04. The highest BCUT2D eigenvalue weighted by Crippen LogP contribution is 2.20. The van der Waals surface area contributed by atoms with Crippen molar-refractivity contribution in [3.05, 3.63) is 35.9 Å². The maximum atomic E-state index is 11.0. The van der Waals surface area contributed by atoms with Crippen LogP contribution in [0, 0.1) is 0 Å². The Labute approximate surface area is 86.4 Å². The highest BCUT2D eigenvalue weighted by atomic mass is 16.4. The van der Waals surface area contributed by atoms with Crippen LogP contribution in [0.25, 0.3) is 0 Å². The van der Waals surface area contributed by atoms with Gasteiger partial charge in [0.15, 0.2) is 5.54 Å². The lowest BCUT2D eigenvalue weighted by atomic mass is 9.92. The van der Waals surface area contributed by atoms with Crippen LogP contribution in [0.4, 0.5) is 4.79 Å². The molecular weight excluding hydrogens is 198 g/mol. The molecule has 1 rings (SSSR count). The first-order chi connectivity index (χ1) is 6.97. The van der Waals surface area contributed by atoms with Crippen molar-refractivity contribution in [1.82, 2.24) is 5.32 Å². The van der Waals surface area contributed by atoms with E-state index in [1.54, 1.807) is 30.3 Å². The third-order valence-electron chi connectivity index (χ3n) is 2.14. The van der Waals surface area contributed by atoms with E-state index < -0.39 is 17.6 Å². The normalized spacial score (nSPS) is 13.9. The lowest BCUT2D eigenvalue weighted by molar-refractivity contribution is -0.144. The second-order valence-electron chi connectivity index (χ2n) is 3.23. The van der Waals surface area contributed by atoms with Crippen molar-refractivity contribution in [2.45, 2.75) is 12.5 Å². The van der Waals surface area contributed by atoms with Crippen molar-refractivity contribution in [3.63, 3.8) is 0 Å². The standard InChI is InChI=1S/C10H11NO4/c1-10(8(12)13,11-9(14)15)7-5-3-2-4-6-7/h2-6,11H,1H3,(H,12,13)(H,14,15)/t10-/m1/s1. The van der Waals surface area contributed by atoms with E-state index in [1.807, 2.05) is 5.32 Å². The first-order valence-electron chi connectivity index (χ1n) is 4.27. The number of nitrogens with one attached hydrogen (secondary N) is 1. The molecule has 1 amide bonds. The molecule has 0 aliphatic heterocycles. The fourth-order valence-electron chi connectivity index (χ4n) is 1.23. The molecule has 0 heterocycles. The van der Waals surface area contributed by atoms with Crippen LogP contribution in [0.5, 0.6) is 0 Å². The number of carboxylic acid groups (broad SMARTS) is 2. The summed E-state index contributed by atoms with van der Waals surface area (Å²) in [5.41, 5.74) is -1.23. The predicted molar refractivity (Wildman–Crippen MR) is 52.6 cm³/mol. The molecule has 0 aromatic heterocycles. The SMILES string of the molecule is C[C@](NC(=O)O)(C(=O)O)c1ccccc1. The van der Waals surface area contributed by atoms with Crippen molar-refractivity contribution in [2.75, 3.05) is 0 Å². The lowest BCUT2D eigenvalue weighted by Crippen LogP contribution is -2.49. The summed E-state index contributed by atoms with van der Waals surface area (Å²) in [6.45, 7) is 1.30. The van der Waals surface area contributed by atoms with Crippen LogP contribution in [0.1, 0.15) is 12.5 Å². The summed E-state index contributed by atoms with van der Waals surface area (Å²) in [4.78, 5) is 21.5. The van der Waals surface area contributed by atoms with E-state index in [-0.39, 0.29) is 0 Å². The molecule has 0 bridgehead atoms. The second-order valence-corrected chi connectivity index (χ2v) is 3.23. The molecule has 80 valence electrons. The molecule has 3 N–H and O–H groups in total. The minimum Gasteiger partial charge on any atom is -0.479 e. The van der Waals surface area contributed by atoms with E-state index >= 15 is 0 Å². The van der Waals surface area contributed by atoms with E-state index in [0.29, 0.717) is 5.56 Å². The summed E-state index contributed by atoms with van der Waals surface area (Å²) in [6.07, 6.45) is -1.37. The number of carboxylic acids is 1. The number of benzene rings is 1. The zero-order valence-corrected chi connectivity index (χ0v) is 8.10. The van der Waals surface area contributed by atoms with Gasteiger partial charge in [0.2, 0.25) is 0 Å². The molecule has 0 unspecified atom stereocenters. The van der Waals surface area contributed by atoms with Crippen LogP contribution >= 0.6 is 0 Å². The van der Waals surface area contributed by atoms with Gasteiger partial charge in [-0.3, -0.25) is 0 Å². The Morgan fingerprint density at radius 3 is 2.13 bits per heavy atom. The Morgan fingerprint density at radius 1 is 1.20 bits per heavy atom. The number of hydrogen-bond acceptors (Lipinski definition) is 2. The highest BCUT2D eigenvalue weighted by molar-refractivity contribution is 5.84. The zero-order chi connectivity index (χ0) is 11.5. The molecule has 0 aliphatic rings. The summed E-state index contributed by atoms with van der Waals surface area (Å²) < 4.78 is 0. The molecular formula is C10H11NO4. The number of hydrogen-bond donors (Lipinski definition) is 3. The van der Waals surface area contributed by atoms with E-state index in [9.17, 15) is 9.59 Å². The molecule has 0 spiro atoms. The minimum absolute atomic E-state index is 0.389. The molecule has 0 radical (unpaired) electrons. The van der Waals surface area contributed by atoms with E-state index in [1.165, 1.54) is 6.92 Å². The number of amides is 1.